The van der Waals surface area contributed by atoms with E-state index in [1.807, 2.05) is 11.4 Å². The van der Waals surface area contributed by atoms with Gasteiger partial charge in [-0.1, -0.05) is 0 Å². The number of carboxylic acids is 1. The van der Waals surface area contributed by atoms with Crippen molar-refractivity contribution in [1.29, 1.82) is 0 Å². The van der Waals surface area contributed by atoms with Gasteiger partial charge in [-0.15, -0.1) is 11.3 Å². The largest absolute Gasteiger partial charge is 0.477 e. The fourth-order valence-corrected chi connectivity index (χ4v) is 3.10. The van der Waals surface area contributed by atoms with E-state index in [0.29, 0.717) is 11.4 Å². The predicted octanol–water partition coefficient (Wildman–Crippen LogP) is 1.88. The van der Waals surface area contributed by atoms with Crippen LogP contribution in [0.1, 0.15) is 28.1 Å². The molecule has 2 heterocycles. The van der Waals surface area contributed by atoms with Crippen molar-refractivity contribution in [2.24, 2.45) is 5.92 Å². The lowest BCUT2D eigenvalue weighted by atomic mass is 9.97. The summed E-state index contributed by atoms with van der Waals surface area (Å²) < 4.78 is 0. The van der Waals surface area contributed by atoms with Gasteiger partial charge in [0.25, 0.3) is 0 Å². The van der Waals surface area contributed by atoms with Gasteiger partial charge in [0.05, 0.1) is 0 Å². The molecule has 0 bridgehead atoms. The van der Waals surface area contributed by atoms with Crippen molar-refractivity contribution in [2.45, 2.75) is 19.4 Å². The monoisotopic (exact) mass is 268 g/mol. The van der Waals surface area contributed by atoms with Crippen LogP contribution in [0.2, 0.25) is 0 Å². The number of hydrogen-bond donors (Lipinski definition) is 2. The van der Waals surface area contributed by atoms with E-state index in [-0.39, 0.29) is 0 Å². The maximum Gasteiger partial charge on any atom is 0.346 e. The molecule has 100 valence electrons. The first-order valence-corrected chi connectivity index (χ1v) is 7.23. The fourth-order valence-electron chi connectivity index (χ4n) is 2.34. The molecular formula is C13H20N2O2S. The Hall–Kier alpha value is -0.910. The zero-order valence-corrected chi connectivity index (χ0v) is 11.5. The number of carboxylic acid groups (broad SMARTS) is 1. The van der Waals surface area contributed by atoms with Gasteiger partial charge < -0.3 is 15.3 Å². The van der Waals surface area contributed by atoms with Crippen LogP contribution in [0.3, 0.4) is 0 Å². The Bertz CT molecular complexity index is 397. The number of nitrogens with one attached hydrogen (secondary N) is 1. The molecule has 0 aromatic carbocycles. The third-order valence-electron chi connectivity index (χ3n) is 3.53. The average Bonchev–Trinajstić information content (AvgIpc) is 2.80. The van der Waals surface area contributed by atoms with Crippen molar-refractivity contribution >= 4 is 17.3 Å². The summed E-state index contributed by atoms with van der Waals surface area (Å²) in [6, 6.07) is 1.90. The fraction of sp³-hybridized carbons (Fsp3) is 0.615. The van der Waals surface area contributed by atoms with Crippen LogP contribution in [0.4, 0.5) is 0 Å². The van der Waals surface area contributed by atoms with Gasteiger partial charge >= 0.3 is 5.97 Å². The van der Waals surface area contributed by atoms with Gasteiger partial charge in [0.15, 0.2) is 0 Å². The van der Waals surface area contributed by atoms with Gasteiger partial charge in [-0.05, 0) is 62.5 Å². The molecule has 2 rings (SSSR count). The Kier molecular flexibility index (Phi) is 4.74. The zero-order chi connectivity index (χ0) is 13.0. The molecule has 1 aromatic rings. The first-order chi connectivity index (χ1) is 8.66. The topological polar surface area (TPSA) is 52.6 Å². The highest BCUT2D eigenvalue weighted by Crippen LogP contribution is 2.18. The smallest absolute Gasteiger partial charge is 0.346 e. The maximum absolute atomic E-state index is 11.0. The summed E-state index contributed by atoms with van der Waals surface area (Å²) in [5.41, 5.74) is 0.903. The van der Waals surface area contributed by atoms with E-state index in [1.54, 1.807) is 0 Å². The SMILES string of the molecule is CN1CCC(CNCc2ccsc2C(=O)O)CC1. The molecule has 2 N–H and O–H groups in total. The average molecular weight is 268 g/mol. The van der Waals surface area contributed by atoms with E-state index in [1.165, 1.54) is 37.3 Å². The normalized spacial score (nSPS) is 18.1. The molecule has 1 fully saturated rings. The molecule has 0 atom stereocenters. The number of piperidine rings is 1. The van der Waals surface area contributed by atoms with E-state index in [9.17, 15) is 4.79 Å². The molecule has 1 aromatic heterocycles. The van der Waals surface area contributed by atoms with E-state index >= 15 is 0 Å². The first-order valence-electron chi connectivity index (χ1n) is 6.35. The van der Waals surface area contributed by atoms with Crippen molar-refractivity contribution in [2.75, 3.05) is 26.7 Å². The minimum absolute atomic E-state index is 0.464. The van der Waals surface area contributed by atoms with Gasteiger partial charge in [0.2, 0.25) is 0 Å². The summed E-state index contributed by atoms with van der Waals surface area (Å²) in [6.07, 6.45) is 2.47. The second-order valence-corrected chi connectivity index (χ2v) is 5.87. The summed E-state index contributed by atoms with van der Waals surface area (Å²) >= 11 is 1.30. The van der Waals surface area contributed by atoms with Crippen LogP contribution in [0.15, 0.2) is 11.4 Å². The van der Waals surface area contributed by atoms with Crippen LogP contribution >= 0.6 is 11.3 Å². The second-order valence-electron chi connectivity index (χ2n) is 4.96. The van der Waals surface area contributed by atoms with E-state index < -0.39 is 5.97 Å². The van der Waals surface area contributed by atoms with Crippen molar-refractivity contribution in [3.63, 3.8) is 0 Å². The molecule has 0 spiro atoms. The second kappa shape index (κ2) is 6.31. The third kappa shape index (κ3) is 3.54. The maximum atomic E-state index is 11.0. The molecule has 0 aliphatic carbocycles. The van der Waals surface area contributed by atoms with Gasteiger partial charge in [0, 0.05) is 6.54 Å². The van der Waals surface area contributed by atoms with Crippen LogP contribution in [-0.2, 0) is 6.54 Å². The molecule has 1 aliphatic rings. The standard InChI is InChI=1S/C13H20N2O2S/c1-15-5-2-10(3-6-15)8-14-9-11-4-7-18-12(11)13(16)17/h4,7,10,14H,2-3,5-6,8-9H2,1H3,(H,16,17). The van der Waals surface area contributed by atoms with Crippen LogP contribution in [0.5, 0.6) is 0 Å². The Morgan fingerprint density at radius 2 is 2.28 bits per heavy atom. The first kappa shape index (κ1) is 13.5. The Balaban J connectivity index is 1.75. The van der Waals surface area contributed by atoms with Crippen LogP contribution < -0.4 is 5.32 Å². The van der Waals surface area contributed by atoms with E-state index in [4.69, 9.17) is 5.11 Å². The number of nitrogens with zero attached hydrogens (tertiary/aromatic N) is 1. The number of hydrogen-bond acceptors (Lipinski definition) is 4. The summed E-state index contributed by atoms with van der Waals surface area (Å²) in [7, 11) is 2.16. The minimum atomic E-state index is -0.818. The Labute approximate surface area is 112 Å². The summed E-state index contributed by atoms with van der Waals surface area (Å²) in [4.78, 5) is 13.8. The van der Waals surface area contributed by atoms with Gasteiger partial charge in [-0.3, -0.25) is 0 Å². The number of thiophene rings is 1. The highest BCUT2D eigenvalue weighted by atomic mass is 32.1. The number of rotatable bonds is 5. The van der Waals surface area contributed by atoms with Crippen LogP contribution in [0.25, 0.3) is 0 Å². The quantitative estimate of drug-likeness (QED) is 0.856. The lowest BCUT2D eigenvalue weighted by Gasteiger charge is -2.29. The molecule has 5 heteroatoms. The number of carbonyl (C=O) groups is 1. The van der Waals surface area contributed by atoms with Gasteiger partial charge in [-0.25, -0.2) is 4.79 Å². The molecule has 4 nitrogen and oxygen atoms in total. The summed E-state index contributed by atoms with van der Waals surface area (Å²) in [6.45, 7) is 4.00. The number of likely N-dealkylation sites (tertiary alicyclic amines) is 1. The molecule has 0 unspecified atom stereocenters. The highest BCUT2D eigenvalue weighted by molar-refractivity contribution is 7.12. The predicted molar refractivity (Wildman–Crippen MR) is 73.2 cm³/mol. The van der Waals surface area contributed by atoms with Crippen LogP contribution in [-0.4, -0.2) is 42.7 Å². The molecule has 1 saturated heterocycles. The Morgan fingerprint density at radius 3 is 2.94 bits per heavy atom. The number of aromatic carboxylic acids is 1. The molecule has 0 radical (unpaired) electrons. The molecular weight excluding hydrogens is 248 g/mol. The zero-order valence-electron chi connectivity index (χ0n) is 10.7. The van der Waals surface area contributed by atoms with Crippen molar-refractivity contribution in [3.05, 3.63) is 21.9 Å². The third-order valence-corrected chi connectivity index (χ3v) is 4.47. The Morgan fingerprint density at radius 1 is 1.56 bits per heavy atom. The van der Waals surface area contributed by atoms with Crippen molar-refractivity contribution in [3.8, 4) is 0 Å². The molecule has 18 heavy (non-hydrogen) atoms. The lowest BCUT2D eigenvalue weighted by molar-refractivity contribution is 0.0701. The van der Waals surface area contributed by atoms with Crippen LogP contribution in [0, 0.1) is 5.92 Å². The van der Waals surface area contributed by atoms with Gasteiger partial charge in [0.1, 0.15) is 4.88 Å². The molecule has 1 aliphatic heterocycles. The molecule has 0 saturated carbocycles. The van der Waals surface area contributed by atoms with Crippen molar-refractivity contribution < 1.29 is 9.90 Å². The molecule has 0 amide bonds. The van der Waals surface area contributed by atoms with E-state index in [2.05, 4.69) is 17.3 Å². The summed E-state index contributed by atoms with van der Waals surface area (Å²) in [5.74, 6) is -0.0887. The highest BCUT2D eigenvalue weighted by Gasteiger charge is 2.16. The lowest BCUT2D eigenvalue weighted by Crippen LogP contribution is -2.34. The minimum Gasteiger partial charge on any atom is -0.477 e. The van der Waals surface area contributed by atoms with Gasteiger partial charge in [-0.2, -0.15) is 0 Å². The van der Waals surface area contributed by atoms with Crippen molar-refractivity contribution in [1.82, 2.24) is 10.2 Å². The van der Waals surface area contributed by atoms with E-state index in [0.717, 1.165) is 18.0 Å². The summed E-state index contributed by atoms with van der Waals surface area (Å²) in [5, 5.41) is 14.2.